The van der Waals surface area contributed by atoms with Gasteiger partial charge in [0.2, 0.25) is 5.91 Å². The van der Waals surface area contributed by atoms with Crippen LogP contribution in [-0.4, -0.2) is 48.7 Å². The van der Waals surface area contributed by atoms with Crippen LogP contribution in [0.5, 0.6) is 0 Å². The smallest absolute Gasteiger partial charge is 0.239 e. The lowest BCUT2D eigenvalue weighted by atomic mass is 10.2. The molecule has 1 fully saturated rings. The number of nitrogens with zero attached hydrogens (tertiary/aromatic N) is 1. The summed E-state index contributed by atoms with van der Waals surface area (Å²) in [7, 11) is 1.81. The van der Waals surface area contributed by atoms with Gasteiger partial charge >= 0.3 is 0 Å². The lowest BCUT2D eigenvalue weighted by Gasteiger charge is -2.18. The Balaban J connectivity index is 2.52. The van der Waals surface area contributed by atoms with E-state index in [0.717, 1.165) is 19.5 Å². The van der Waals surface area contributed by atoms with E-state index in [-0.39, 0.29) is 18.6 Å². The van der Waals surface area contributed by atoms with Gasteiger partial charge in [0.15, 0.2) is 0 Å². The number of nitrogens with one attached hydrogen (secondary N) is 1. The lowest BCUT2D eigenvalue weighted by molar-refractivity contribution is -0.131. The number of hydrogen-bond acceptors (Lipinski definition) is 3. The van der Waals surface area contributed by atoms with Crippen molar-refractivity contribution < 1.29 is 9.90 Å². The maximum absolute atomic E-state index is 11.5. The largest absolute Gasteiger partial charge is 0.396 e. The molecule has 1 unspecified atom stereocenters. The molecule has 0 aliphatic carbocycles. The van der Waals surface area contributed by atoms with Crippen molar-refractivity contribution in [3.05, 3.63) is 0 Å². The van der Waals surface area contributed by atoms with Gasteiger partial charge < -0.3 is 15.3 Å². The van der Waals surface area contributed by atoms with E-state index in [1.807, 2.05) is 0 Å². The predicted octanol–water partition coefficient (Wildman–Crippen LogP) is -0.811. The van der Waals surface area contributed by atoms with Gasteiger partial charge in [-0.1, -0.05) is 0 Å². The molecular weight excluding hydrogens is 156 g/mol. The third-order valence-corrected chi connectivity index (χ3v) is 2.15. The van der Waals surface area contributed by atoms with Gasteiger partial charge in [0.05, 0.1) is 6.04 Å². The van der Waals surface area contributed by atoms with Gasteiger partial charge in [-0.25, -0.2) is 0 Å². The van der Waals surface area contributed by atoms with Crippen LogP contribution in [-0.2, 0) is 4.79 Å². The van der Waals surface area contributed by atoms with Crippen molar-refractivity contribution in [2.75, 3.05) is 26.7 Å². The van der Waals surface area contributed by atoms with Crippen molar-refractivity contribution in [3.8, 4) is 0 Å². The molecular formula is C8H16N2O2. The van der Waals surface area contributed by atoms with Gasteiger partial charge in [-0.2, -0.15) is 0 Å². The topological polar surface area (TPSA) is 52.6 Å². The van der Waals surface area contributed by atoms with Crippen LogP contribution in [0.4, 0.5) is 0 Å². The zero-order valence-electron chi connectivity index (χ0n) is 7.42. The van der Waals surface area contributed by atoms with Crippen LogP contribution in [0, 0.1) is 0 Å². The Hall–Kier alpha value is -0.610. The fourth-order valence-electron chi connectivity index (χ4n) is 1.41. The van der Waals surface area contributed by atoms with Gasteiger partial charge in [0, 0.05) is 20.2 Å². The van der Waals surface area contributed by atoms with Crippen LogP contribution in [0.3, 0.4) is 0 Å². The number of aliphatic hydroxyl groups excluding tert-OH is 1. The van der Waals surface area contributed by atoms with Crippen molar-refractivity contribution in [3.63, 3.8) is 0 Å². The normalized spacial score (nSPS) is 25.7. The third-order valence-electron chi connectivity index (χ3n) is 2.15. The van der Waals surface area contributed by atoms with E-state index in [1.165, 1.54) is 0 Å². The van der Waals surface area contributed by atoms with E-state index in [9.17, 15) is 4.79 Å². The SMILES string of the molecule is CN1CCCNC(CCO)C1=O. The van der Waals surface area contributed by atoms with Crippen molar-refractivity contribution >= 4 is 5.91 Å². The average molecular weight is 172 g/mol. The summed E-state index contributed by atoms with van der Waals surface area (Å²) >= 11 is 0. The molecule has 2 N–H and O–H groups in total. The Kier molecular flexibility index (Phi) is 3.49. The molecule has 0 saturated carbocycles. The molecule has 4 heteroatoms. The molecule has 0 aromatic heterocycles. The molecule has 1 aliphatic rings. The molecule has 0 aromatic carbocycles. The summed E-state index contributed by atoms with van der Waals surface area (Å²) in [4.78, 5) is 13.2. The summed E-state index contributed by atoms with van der Waals surface area (Å²) in [5.74, 6) is 0.0987. The minimum Gasteiger partial charge on any atom is -0.396 e. The zero-order chi connectivity index (χ0) is 8.97. The third kappa shape index (κ3) is 2.19. The van der Waals surface area contributed by atoms with Crippen LogP contribution < -0.4 is 5.32 Å². The Bertz CT molecular complexity index is 161. The molecule has 1 rings (SSSR count). The van der Waals surface area contributed by atoms with E-state index in [1.54, 1.807) is 11.9 Å². The first-order valence-corrected chi connectivity index (χ1v) is 4.35. The van der Waals surface area contributed by atoms with Crippen molar-refractivity contribution in [1.82, 2.24) is 10.2 Å². The first-order chi connectivity index (χ1) is 5.75. The first kappa shape index (κ1) is 9.48. The van der Waals surface area contributed by atoms with E-state index in [2.05, 4.69) is 5.32 Å². The quantitative estimate of drug-likeness (QED) is 0.573. The number of hydrogen-bond donors (Lipinski definition) is 2. The van der Waals surface area contributed by atoms with E-state index in [4.69, 9.17) is 5.11 Å². The van der Waals surface area contributed by atoms with Crippen LogP contribution in [0.1, 0.15) is 12.8 Å². The highest BCUT2D eigenvalue weighted by Gasteiger charge is 2.22. The molecule has 1 amide bonds. The molecule has 12 heavy (non-hydrogen) atoms. The maximum atomic E-state index is 11.5. The molecule has 0 aromatic rings. The van der Waals surface area contributed by atoms with Gasteiger partial charge in [-0.3, -0.25) is 4.79 Å². The monoisotopic (exact) mass is 172 g/mol. The second kappa shape index (κ2) is 4.42. The predicted molar refractivity (Wildman–Crippen MR) is 45.7 cm³/mol. The van der Waals surface area contributed by atoms with E-state index < -0.39 is 0 Å². The molecule has 1 atom stereocenters. The number of carbonyl (C=O) groups is 1. The Morgan fingerprint density at radius 3 is 3.17 bits per heavy atom. The first-order valence-electron chi connectivity index (χ1n) is 4.35. The van der Waals surface area contributed by atoms with Gasteiger partial charge in [0.1, 0.15) is 0 Å². The Morgan fingerprint density at radius 1 is 1.75 bits per heavy atom. The fourth-order valence-corrected chi connectivity index (χ4v) is 1.41. The number of rotatable bonds is 2. The van der Waals surface area contributed by atoms with Gasteiger partial charge in [-0.05, 0) is 19.4 Å². The van der Waals surface area contributed by atoms with Crippen LogP contribution in [0.2, 0.25) is 0 Å². The molecule has 0 radical (unpaired) electrons. The van der Waals surface area contributed by atoms with Crippen molar-refractivity contribution in [2.24, 2.45) is 0 Å². The van der Waals surface area contributed by atoms with Crippen molar-refractivity contribution in [2.45, 2.75) is 18.9 Å². The minimum absolute atomic E-state index is 0.0667. The Labute approximate surface area is 72.6 Å². The number of carbonyl (C=O) groups excluding carboxylic acids is 1. The highest BCUT2D eigenvalue weighted by atomic mass is 16.3. The number of aliphatic hydroxyl groups is 1. The van der Waals surface area contributed by atoms with E-state index >= 15 is 0 Å². The standard InChI is InChI=1S/C8H16N2O2/c1-10-5-2-4-9-7(3-6-11)8(10)12/h7,9,11H,2-6H2,1H3. The van der Waals surface area contributed by atoms with Gasteiger partial charge in [0.25, 0.3) is 0 Å². The maximum Gasteiger partial charge on any atom is 0.239 e. The molecule has 0 bridgehead atoms. The van der Waals surface area contributed by atoms with E-state index in [0.29, 0.717) is 6.42 Å². The average Bonchev–Trinajstić information content (AvgIpc) is 2.20. The summed E-state index contributed by atoms with van der Waals surface area (Å²) in [6, 6.07) is -0.178. The van der Waals surface area contributed by atoms with Crippen LogP contribution in [0.25, 0.3) is 0 Å². The molecule has 1 heterocycles. The summed E-state index contributed by atoms with van der Waals surface area (Å²) < 4.78 is 0. The van der Waals surface area contributed by atoms with Crippen LogP contribution >= 0.6 is 0 Å². The van der Waals surface area contributed by atoms with Crippen molar-refractivity contribution in [1.29, 1.82) is 0 Å². The summed E-state index contributed by atoms with van der Waals surface area (Å²) in [6.07, 6.45) is 1.51. The highest BCUT2D eigenvalue weighted by Crippen LogP contribution is 2.02. The highest BCUT2D eigenvalue weighted by molar-refractivity contribution is 5.81. The summed E-state index contributed by atoms with van der Waals surface area (Å²) in [5, 5.41) is 11.8. The fraction of sp³-hybridized carbons (Fsp3) is 0.875. The number of likely N-dealkylation sites (N-methyl/N-ethyl adjacent to an activating group) is 1. The summed E-state index contributed by atoms with van der Waals surface area (Å²) in [5.41, 5.74) is 0. The second-order valence-corrected chi connectivity index (χ2v) is 3.13. The Morgan fingerprint density at radius 2 is 2.50 bits per heavy atom. The second-order valence-electron chi connectivity index (χ2n) is 3.13. The molecule has 1 aliphatic heterocycles. The molecule has 0 spiro atoms. The minimum atomic E-state index is -0.178. The molecule has 1 saturated heterocycles. The molecule has 4 nitrogen and oxygen atoms in total. The number of amides is 1. The lowest BCUT2D eigenvalue weighted by Crippen LogP contribution is -2.42. The summed E-state index contributed by atoms with van der Waals surface area (Å²) in [6.45, 7) is 1.74. The zero-order valence-corrected chi connectivity index (χ0v) is 7.42. The molecule has 70 valence electrons. The van der Waals surface area contributed by atoms with Gasteiger partial charge in [-0.15, -0.1) is 0 Å². The van der Waals surface area contributed by atoms with Crippen LogP contribution in [0.15, 0.2) is 0 Å².